The first-order valence-corrected chi connectivity index (χ1v) is 7.20. The van der Waals surface area contributed by atoms with Gasteiger partial charge >= 0.3 is 0 Å². The molecule has 0 saturated carbocycles. The summed E-state index contributed by atoms with van der Waals surface area (Å²) in [6, 6.07) is 3.60. The van der Waals surface area contributed by atoms with E-state index in [4.69, 9.17) is 11.6 Å². The molecule has 5 nitrogen and oxygen atoms in total. The number of rotatable bonds is 4. The van der Waals surface area contributed by atoms with Crippen LogP contribution in [-0.4, -0.2) is 48.5 Å². The summed E-state index contributed by atoms with van der Waals surface area (Å²) < 4.78 is 0. The molecule has 1 saturated heterocycles. The number of carbonyl (C=O) groups is 1. The van der Waals surface area contributed by atoms with Crippen LogP contribution >= 0.6 is 11.6 Å². The Hall–Kier alpha value is -1.17. The van der Waals surface area contributed by atoms with E-state index in [1.807, 2.05) is 13.1 Å². The third kappa shape index (κ3) is 3.48. The third-order valence-electron chi connectivity index (χ3n) is 4.00. The highest BCUT2D eigenvalue weighted by Gasteiger charge is 2.38. The number of pyridine rings is 1. The van der Waals surface area contributed by atoms with Crippen molar-refractivity contribution in [1.29, 1.82) is 0 Å². The van der Waals surface area contributed by atoms with Crippen LogP contribution in [0.2, 0.25) is 5.15 Å². The van der Waals surface area contributed by atoms with Crippen molar-refractivity contribution in [2.75, 3.05) is 27.2 Å². The van der Waals surface area contributed by atoms with E-state index in [1.54, 1.807) is 12.3 Å². The molecule has 0 bridgehead atoms. The second-order valence-corrected chi connectivity index (χ2v) is 5.69. The second-order valence-electron chi connectivity index (χ2n) is 5.31. The number of hydrogen-bond donors (Lipinski definition) is 2. The molecule has 0 aromatic carbocycles. The van der Waals surface area contributed by atoms with Crippen LogP contribution in [0, 0.1) is 0 Å². The van der Waals surface area contributed by atoms with Crippen LogP contribution in [0.25, 0.3) is 0 Å². The average Bonchev–Trinajstić information content (AvgIpc) is 2.47. The third-order valence-corrected chi connectivity index (χ3v) is 4.22. The number of nitrogens with one attached hydrogen (secondary N) is 2. The van der Waals surface area contributed by atoms with E-state index in [0.717, 1.165) is 31.5 Å². The van der Waals surface area contributed by atoms with Crippen molar-refractivity contribution in [1.82, 2.24) is 20.5 Å². The van der Waals surface area contributed by atoms with Crippen LogP contribution in [-0.2, 0) is 11.3 Å². The van der Waals surface area contributed by atoms with Crippen LogP contribution in [0.15, 0.2) is 18.3 Å². The fourth-order valence-electron chi connectivity index (χ4n) is 2.45. The Kier molecular flexibility index (Phi) is 4.96. The van der Waals surface area contributed by atoms with Crippen LogP contribution in [0.5, 0.6) is 0 Å². The molecular weight excluding hydrogens is 276 g/mol. The minimum absolute atomic E-state index is 0.0584. The highest BCUT2D eigenvalue weighted by Crippen LogP contribution is 2.21. The van der Waals surface area contributed by atoms with E-state index in [-0.39, 0.29) is 5.91 Å². The van der Waals surface area contributed by atoms with E-state index >= 15 is 0 Å². The summed E-state index contributed by atoms with van der Waals surface area (Å²) >= 11 is 5.74. The molecule has 2 N–H and O–H groups in total. The van der Waals surface area contributed by atoms with Gasteiger partial charge in [0, 0.05) is 25.8 Å². The Morgan fingerprint density at radius 2 is 2.15 bits per heavy atom. The lowest BCUT2D eigenvalue weighted by atomic mass is 9.86. The normalized spacial score (nSPS) is 18.8. The predicted molar refractivity (Wildman–Crippen MR) is 79.6 cm³/mol. The summed E-state index contributed by atoms with van der Waals surface area (Å²) in [6.45, 7) is 2.33. The molecule has 1 amide bonds. The number of amides is 1. The molecule has 2 heterocycles. The number of hydrogen-bond acceptors (Lipinski definition) is 4. The molecule has 1 aromatic heterocycles. The summed E-state index contributed by atoms with van der Waals surface area (Å²) in [6.07, 6.45) is 3.33. The lowest BCUT2D eigenvalue weighted by molar-refractivity contribution is -0.129. The monoisotopic (exact) mass is 296 g/mol. The zero-order chi connectivity index (χ0) is 14.6. The van der Waals surface area contributed by atoms with Gasteiger partial charge in [0.25, 0.3) is 0 Å². The van der Waals surface area contributed by atoms with Crippen LogP contribution < -0.4 is 10.6 Å². The maximum atomic E-state index is 12.5. The van der Waals surface area contributed by atoms with Gasteiger partial charge in [0.1, 0.15) is 10.7 Å². The standard InChI is InChI=1S/C14H21ClN4O/c1-16-14(5-7-19(2)8-6-14)13(20)18-10-11-3-4-12(15)17-9-11/h3-4,9,16H,5-8,10H2,1-2H3,(H,18,20). The zero-order valence-electron chi connectivity index (χ0n) is 11.9. The molecule has 1 aromatic rings. The molecule has 6 heteroatoms. The van der Waals surface area contributed by atoms with Crippen molar-refractivity contribution in [3.63, 3.8) is 0 Å². The summed E-state index contributed by atoms with van der Waals surface area (Å²) in [5.74, 6) is 0.0584. The Balaban J connectivity index is 1.94. The molecule has 20 heavy (non-hydrogen) atoms. The number of aromatic nitrogens is 1. The van der Waals surface area contributed by atoms with E-state index in [1.165, 1.54) is 0 Å². The van der Waals surface area contributed by atoms with Crippen LogP contribution in [0.3, 0.4) is 0 Å². The summed E-state index contributed by atoms with van der Waals surface area (Å²) in [5, 5.41) is 6.66. The van der Waals surface area contributed by atoms with Gasteiger partial charge in [0.2, 0.25) is 5.91 Å². The minimum atomic E-state index is -0.452. The number of likely N-dealkylation sites (tertiary alicyclic amines) is 1. The molecule has 0 unspecified atom stereocenters. The first-order valence-electron chi connectivity index (χ1n) is 6.82. The highest BCUT2D eigenvalue weighted by atomic mass is 35.5. The van der Waals surface area contributed by atoms with Gasteiger partial charge in [-0.2, -0.15) is 0 Å². The Morgan fingerprint density at radius 1 is 1.45 bits per heavy atom. The maximum absolute atomic E-state index is 12.5. The zero-order valence-corrected chi connectivity index (χ0v) is 12.7. The highest BCUT2D eigenvalue weighted by molar-refractivity contribution is 6.29. The van der Waals surface area contributed by atoms with Gasteiger partial charge in [0.15, 0.2) is 0 Å². The maximum Gasteiger partial charge on any atom is 0.240 e. The summed E-state index contributed by atoms with van der Waals surface area (Å²) in [4.78, 5) is 18.7. The number of nitrogens with zero attached hydrogens (tertiary/aromatic N) is 2. The van der Waals surface area contributed by atoms with Crippen LogP contribution in [0.1, 0.15) is 18.4 Å². The molecule has 2 rings (SSSR count). The molecule has 0 spiro atoms. The largest absolute Gasteiger partial charge is 0.350 e. The number of likely N-dealkylation sites (N-methyl/N-ethyl adjacent to an activating group) is 1. The molecule has 0 radical (unpaired) electrons. The van der Waals surface area contributed by atoms with Gasteiger partial charge in [-0.25, -0.2) is 4.98 Å². The fraction of sp³-hybridized carbons (Fsp3) is 0.571. The van der Waals surface area contributed by atoms with E-state index in [9.17, 15) is 4.79 Å². The smallest absolute Gasteiger partial charge is 0.240 e. The van der Waals surface area contributed by atoms with Crippen molar-refractivity contribution in [2.24, 2.45) is 0 Å². The van der Waals surface area contributed by atoms with Gasteiger partial charge in [-0.05, 0) is 38.6 Å². The van der Waals surface area contributed by atoms with Gasteiger partial charge in [-0.3, -0.25) is 4.79 Å². The lowest BCUT2D eigenvalue weighted by Crippen LogP contribution is -2.60. The Morgan fingerprint density at radius 3 is 2.70 bits per heavy atom. The topological polar surface area (TPSA) is 57.3 Å². The first-order chi connectivity index (χ1) is 9.55. The van der Waals surface area contributed by atoms with Crippen molar-refractivity contribution in [2.45, 2.75) is 24.9 Å². The molecule has 1 aliphatic rings. The van der Waals surface area contributed by atoms with Gasteiger partial charge < -0.3 is 15.5 Å². The summed E-state index contributed by atoms with van der Waals surface area (Å²) in [7, 11) is 3.94. The van der Waals surface area contributed by atoms with E-state index < -0.39 is 5.54 Å². The Labute approximate surface area is 124 Å². The molecule has 1 aliphatic heterocycles. The molecule has 1 fully saturated rings. The van der Waals surface area contributed by atoms with Crippen molar-refractivity contribution >= 4 is 17.5 Å². The quantitative estimate of drug-likeness (QED) is 0.815. The molecule has 110 valence electrons. The van der Waals surface area contributed by atoms with E-state index in [2.05, 4.69) is 27.6 Å². The predicted octanol–water partition coefficient (Wildman–Crippen LogP) is 1.03. The van der Waals surface area contributed by atoms with Crippen LogP contribution in [0.4, 0.5) is 0 Å². The Bertz CT molecular complexity index is 455. The number of piperidine rings is 1. The van der Waals surface area contributed by atoms with E-state index in [0.29, 0.717) is 11.7 Å². The first kappa shape index (κ1) is 15.2. The lowest BCUT2D eigenvalue weighted by Gasteiger charge is -2.39. The second kappa shape index (κ2) is 6.52. The van der Waals surface area contributed by atoms with Crippen molar-refractivity contribution in [3.8, 4) is 0 Å². The molecular formula is C14H21ClN4O. The number of carbonyl (C=O) groups excluding carboxylic acids is 1. The average molecular weight is 297 g/mol. The molecule has 0 aliphatic carbocycles. The van der Waals surface area contributed by atoms with Crippen molar-refractivity contribution in [3.05, 3.63) is 29.0 Å². The van der Waals surface area contributed by atoms with Gasteiger partial charge in [-0.1, -0.05) is 17.7 Å². The fourth-order valence-corrected chi connectivity index (χ4v) is 2.57. The number of halogens is 1. The van der Waals surface area contributed by atoms with Gasteiger partial charge in [-0.15, -0.1) is 0 Å². The SMILES string of the molecule is CNC1(C(=O)NCc2ccc(Cl)nc2)CCN(C)CC1. The molecule has 0 atom stereocenters. The van der Waals surface area contributed by atoms with Crippen molar-refractivity contribution < 1.29 is 4.79 Å². The summed E-state index contributed by atoms with van der Waals surface area (Å²) in [5.41, 5.74) is 0.494. The minimum Gasteiger partial charge on any atom is -0.350 e. The van der Waals surface area contributed by atoms with Gasteiger partial charge in [0.05, 0.1) is 0 Å².